The Kier molecular flexibility index (Phi) is 5.67. The second-order valence-corrected chi connectivity index (χ2v) is 8.15. The average molecular weight is 394 g/mol. The van der Waals surface area contributed by atoms with E-state index in [0.717, 1.165) is 68.7 Å². The van der Waals surface area contributed by atoms with Crippen molar-refractivity contribution in [1.82, 2.24) is 29.6 Å². The lowest BCUT2D eigenvalue weighted by Crippen LogP contribution is -2.50. The minimum atomic E-state index is 0.463. The third-order valence-corrected chi connectivity index (χ3v) is 6.18. The first-order valence-electron chi connectivity index (χ1n) is 10.4. The molecule has 2 saturated heterocycles. The molecule has 29 heavy (non-hydrogen) atoms. The monoisotopic (exact) mass is 393 g/mol. The molecule has 0 saturated carbocycles. The molecule has 0 radical (unpaired) electrons. The fourth-order valence-corrected chi connectivity index (χ4v) is 4.24. The largest absolute Gasteiger partial charge is 0.372 e. The summed E-state index contributed by atoms with van der Waals surface area (Å²) in [5, 5.41) is 0. The van der Waals surface area contributed by atoms with Crippen molar-refractivity contribution < 1.29 is 0 Å². The van der Waals surface area contributed by atoms with Gasteiger partial charge in [0.1, 0.15) is 6.33 Å². The van der Waals surface area contributed by atoms with Gasteiger partial charge in [-0.3, -0.25) is 0 Å². The third kappa shape index (κ3) is 4.19. The van der Waals surface area contributed by atoms with Gasteiger partial charge < -0.3 is 19.6 Å². The molecule has 3 aliphatic heterocycles. The van der Waals surface area contributed by atoms with E-state index in [1.807, 2.05) is 19.2 Å². The van der Waals surface area contributed by atoms with E-state index >= 15 is 0 Å². The SMILES string of the molecule is C=C(C1CCCN(C2=NC(c3ccncn3)=CC(=C)N2C)C1)N1CCN(C)CC1. The molecular formula is C22H31N7. The van der Waals surface area contributed by atoms with Crippen molar-refractivity contribution in [2.75, 3.05) is 53.4 Å². The Morgan fingerprint density at radius 1 is 1.14 bits per heavy atom. The summed E-state index contributed by atoms with van der Waals surface area (Å²) < 4.78 is 0. The van der Waals surface area contributed by atoms with E-state index in [1.54, 1.807) is 12.5 Å². The van der Waals surface area contributed by atoms with Crippen LogP contribution >= 0.6 is 0 Å². The number of hydrogen-bond donors (Lipinski definition) is 0. The van der Waals surface area contributed by atoms with Gasteiger partial charge in [0.25, 0.3) is 0 Å². The van der Waals surface area contributed by atoms with Gasteiger partial charge in [-0.2, -0.15) is 0 Å². The molecule has 3 aliphatic rings. The van der Waals surface area contributed by atoms with E-state index in [2.05, 4.69) is 49.8 Å². The summed E-state index contributed by atoms with van der Waals surface area (Å²) in [5.41, 5.74) is 3.86. The summed E-state index contributed by atoms with van der Waals surface area (Å²) in [5.74, 6) is 1.41. The zero-order chi connectivity index (χ0) is 20.4. The molecule has 2 fully saturated rings. The van der Waals surface area contributed by atoms with Crippen LogP contribution in [-0.4, -0.2) is 88.9 Å². The van der Waals surface area contributed by atoms with Gasteiger partial charge in [-0.05, 0) is 32.0 Å². The topological polar surface area (TPSA) is 51.1 Å². The van der Waals surface area contributed by atoms with Gasteiger partial charge in [0, 0.05) is 69.8 Å². The lowest BCUT2D eigenvalue weighted by atomic mass is 9.94. The van der Waals surface area contributed by atoms with Crippen LogP contribution in [0.2, 0.25) is 0 Å². The number of likely N-dealkylation sites (tertiary alicyclic amines) is 1. The molecule has 1 aromatic heterocycles. The van der Waals surface area contributed by atoms with Crippen molar-refractivity contribution in [3.8, 4) is 0 Å². The maximum absolute atomic E-state index is 4.95. The average Bonchev–Trinajstić information content (AvgIpc) is 2.76. The third-order valence-electron chi connectivity index (χ3n) is 6.18. The highest BCUT2D eigenvalue weighted by molar-refractivity contribution is 5.90. The standard InChI is InChI=1S/C22H31N7/c1-17-14-21(20-7-8-23-16-24-20)25-22(27(17)4)29-9-5-6-19(15-29)18(2)28-12-10-26(3)11-13-28/h7-8,14,16,19H,1-2,5-6,9-13,15H2,3-4H3. The Morgan fingerprint density at radius 2 is 1.93 bits per heavy atom. The highest BCUT2D eigenvalue weighted by Gasteiger charge is 2.30. The lowest BCUT2D eigenvalue weighted by Gasteiger charge is -2.43. The zero-order valence-corrected chi connectivity index (χ0v) is 17.6. The van der Waals surface area contributed by atoms with Gasteiger partial charge in [0.2, 0.25) is 5.96 Å². The van der Waals surface area contributed by atoms with Crippen molar-refractivity contribution in [2.45, 2.75) is 12.8 Å². The minimum Gasteiger partial charge on any atom is -0.372 e. The number of hydrogen-bond acceptors (Lipinski definition) is 7. The molecule has 0 aromatic carbocycles. The van der Waals surface area contributed by atoms with Gasteiger partial charge in [0.15, 0.2) is 0 Å². The van der Waals surface area contributed by atoms with Crippen molar-refractivity contribution in [3.63, 3.8) is 0 Å². The normalized spacial score (nSPS) is 23.7. The number of guanidine groups is 1. The molecule has 7 heteroatoms. The van der Waals surface area contributed by atoms with Gasteiger partial charge in [0.05, 0.1) is 11.4 Å². The molecule has 0 amide bonds. The Bertz CT molecular complexity index is 821. The predicted molar refractivity (Wildman–Crippen MR) is 117 cm³/mol. The molecule has 1 aromatic rings. The molecule has 4 rings (SSSR count). The predicted octanol–water partition coefficient (Wildman–Crippen LogP) is 2.11. The van der Waals surface area contributed by atoms with E-state index in [9.17, 15) is 0 Å². The van der Waals surface area contributed by atoms with E-state index in [0.29, 0.717) is 5.92 Å². The van der Waals surface area contributed by atoms with Crippen molar-refractivity contribution in [2.24, 2.45) is 10.9 Å². The van der Waals surface area contributed by atoms with Crippen LogP contribution in [0.5, 0.6) is 0 Å². The smallest absolute Gasteiger partial charge is 0.206 e. The molecule has 0 bridgehead atoms. The fourth-order valence-electron chi connectivity index (χ4n) is 4.24. The molecule has 1 unspecified atom stereocenters. The quantitative estimate of drug-likeness (QED) is 0.784. The first kappa shape index (κ1) is 19.6. The van der Waals surface area contributed by atoms with Crippen LogP contribution in [-0.2, 0) is 0 Å². The number of allylic oxidation sites excluding steroid dienone is 1. The molecule has 0 spiro atoms. The Morgan fingerprint density at radius 3 is 2.66 bits per heavy atom. The van der Waals surface area contributed by atoms with Crippen molar-refractivity contribution in [3.05, 3.63) is 54.9 Å². The van der Waals surface area contributed by atoms with Crippen molar-refractivity contribution in [1.29, 1.82) is 0 Å². The van der Waals surface area contributed by atoms with Crippen molar-refractivity contribution >= 4 is 11.7 Å². The van der Waals surface area contributed by atoms with E-state index < -0.39 is 0 Å². The van der Waals surface area contributed by atoms with Crippen LogP contribution in [0, 0.1) is 5.92 Å². The number of likely N-dealkylation sites (N-methyl/N-ethyl adjacent to an activating group) is 2. The van der Waals surface area contributed by atoms with Gasteiger partial charge in [-0.1, -0.05) is 13.2 Å². The summed E-state index contributed by atoms with van der Waals surface area (Å²) in [6.07, 6.45) is 7.62. The summed E-state index contributed by atoms with van der Waals surface area (Å²) in [6, 6.07) is 1.89. The number of piperazine rings is 1. The zero-order valence-electron chi connectivity index (χ0n) is 17.6. The minimum absolute atomic E-state index is 0.463. The fraction of sp³-hybridized carbons (Fsp3) is 0.500. The second-order valence-electron chi connectivity index (χ2n) is 8.15. The first-order chi connectivity index (χ1) is 14.0. The Labute approximate surface area is 173 Å². The second kappa shape index (κ2) is 8.37. The number of rotatable bonds is 3. The van der Waals surface area contributed by atoms with Gasteiger partial charge in [-0.15, -0.1) is 0 Å². The number of aliphatic imine (C=N–C) groups is 1. The summed E-state index contributed by atoms with van der Waals surface area (Å²) >= 11 is 0. The Balaban J connectivity index is 1.51. The number of aromatic nitrogens is 2. The van der Waals surface area contributed by atoms with Crippen LogP contribution in [0.25, 0.3) is 5.70 Å². The number of piperidine rings is 1. The molecule has 0 aliphatic carbocycles. The van der Waals surface area contributed by atoms with Crippen LogP contribution in [0.3, 0.4) is 0 Å². The van der Waals surface area contributed by atoms with Gasteiger partial charge >= 0.3 is 0 Å². The van der Waals surface area contributed by atoms with E-state index in [-0.39, 0.29) is 0 Å². The molecule has 4 heterocycles. The number of nitrogens with zero attached hydrogens (tertiary/aromatic N) is 7. The van der Waals surface area contributed by atoms with Crippen LogP contribution in [0.15, 0.2) is 54.2 Å². The van der Waals surface area contributed by atoms with Gasteiger partial charge in [-0.25, -0.2) is 15.0 Å². The summed E-state index contributed by atoms with van der Waals surface area (Å²) in [4.78, 5) is 22.6. The Hall–Kier alpha value is -2.67. The summed E-state index contributed by atoms with van der Waals surface area (Å²) in [6.45, 7) is 15.0. The highest BCUT2D eigenvalue weighted by Crippen LogP contribution is 2.29. The van der Waals surface area contributed by atoms with E-state index in [1.165, 1.54) is 12.1 Å². The molecule has 0 N–H and O–H groups in total. The molecule has 1 atom stereocenters. The molecular weight excluding hydrogens is 362 g/mol. The summed E-state index contributed by atoms with van der Waals surface area (Å²) in [7, 11) is 4.22. The maximum Gasteiger partial charge on any atom is 0.206 e. The first-order valence-corrected chi connectivity index (χ1v) is 10.4. The molecule has 154 valence electrons. The van der Waals surface area contributed by atoms with Crippen LogP contribution < -0.4 is 0 Å². The lowest BCUT2D eigenvalue weighted by molar-refractivity contribution is 0.156. The van der Waals surface area contributed by atoms with E-state index in [4.69, 9.17) is 4.99 Å². The van der Waals surface area contributed by atoms with Crippen LogP contribution in [0.1, 0.15) is 18.5 Å². The van der Waals surface area contributed by atoms with Crippen LogP contribution in [0.4, 0.5) is 0 Å². The maximum atomic E-state index is 4.95. The molecule has 7 nitrogen and oxygen atoms in total. The highest BCUT2D eigenvalue weighted by atomic mass is 15.4.